The van der Waals surface area contributed by atoms with Crippen LogP contribution in [0.2, 0.25) is 0 Å². The predicted octanol–water partition coefficient (Wildman–Crippen LogP) is 2.65. The van der Waals surface area contributed by atoms with Gasteiger partial charge in [0.1, 0.15) is 0 Å². The average molecular weight is 265 g/mol. The average Bonchev–Trinajstić information content (AvgIpc) is 2.84. The van der Waals surface area contributed by atoms with Crippen LogP contribution in [0.15, 0.2) is 34.9 Å². The number of carbonyl (C=O) groups is 1. The molecule has 0 aliphatic carbocycles. The minimum absolute atomic E-state index is 0.128. The van der Waals surface area contributed by atoms with Gasteiger partial charge in [0.05, 0.1) is 18.1 Å². The summed E-state index contributed by atoms with van der Waals surface area (Å²) in [5, 5.41) is 6.52. The van der Waals surface area contributed by atoms with Gasteiger partial charge >= 0.3 is 0 Å². The number of hydrogen-bond acceptors (Lipinski definition) is 3. The molecule has 0 unspecified atom stereocenters. The number of alkyl halides is 1. The number of rotatable bonds is 4. The molecule has 94 valence electrons. The molecule has 1 N–H and O–H groups in total. The largest absolute Gasteiger partial charge is 0.359 e. The Kier molecular flexibility index (Phi) is 3.99. The summed E-state index contributed by atoms with van der Waals surface area (Å²) in [6, 6.07) is 9.15. The van der Waals surface area contributed by atoms with Crippen molar-refractivity contribution in [3.8, 4) is 0 Å². The maximum atomic E-state index is 11.9. The van der Waals surface area contributed by atoms with Gasteiger partial charge in [-0.05, 0) is 18.6 Å². The van der Waals surface area contributed by atoms with Crippen molar-refractivity contribution in [2.75, 3.05) is 0 Å². The number of halogens is 1. The van der Waals surface area contributed by atoms with E-state index in [2.05, 4.69) is 10.5 Å². The summed E-state index contributed by atoms with van der Waals surface area (Å²) >= 11 is 5.61. The summed E-state index contributed by atoms with van der Waals surface area (Å²) in [4.78, 5) is 11.9. The number of benzene rings is 1. The Bertz CT molecular complexity index is 551. The smallest absolute Gasteiger partial charge is 0.251 e. The monoisotopic (exact) mass is 264 g/mol. The van der Waals surface area contributed by atoms with E-state index < -0.39 is 0 Å². The van der Waals surface area contributed by atoms with Crippen LogP contribution >= 0.6 is 11.6 Å². The summed E-state index contributed by atoms with van der Waals surface area (Å²) < 4.78 is 5.02. The van der Waals surface area contributed by atoms with Crippen LogP contribution in [0.5, 0.6) is 0 Å². The number of aromatic nitrogens is 1. The van der Waals surface area contributed by atoms with Gasteiger partial charge in [-0.2, -0.15) is 0 Å². The van der Waals surface area contributed by atoms with Crippen molar-refractivity contribution in [1.29, 1.82) is 0 Å². The highest BCUT2D eigenvalue weighted by molar-refractivity contribution is 6.16. The van der Waals surface area contributed by atoms with Gasteiger partial charge in [-0.25, -0.2) is 0 Å². The highest BCUT2D eigenvalue weighted by atomic mass is 35.5. The predicted molar refractivity (Wildman–Crippen MR) is 68.4 cm³/mol. The Labute approximate surface area is 110 Å². The molecular weight excluding hydrogens is 252 g/mol. The minimum Gasteiger partial charge on any atom is -0.359 e. The lowest BCUT2D eigenvalue weighted by Gasteiger charge is -2.05. The molecule has 0 aliphatic heterocycles. The maximum Gasteiger partial charge on any atom is 0.251 e. The third-order valence-electron chi connectivity index (χ3n) is 2.56. The summed E-state index contributed by atoms with van der Waals surface area (Å²) in [6.45, 7) is 2.20. The first-order chi connectivity index (χ1) is 8.70. The molecule has 0 bridgehead atoms. The van der Waals surface area contributed by atoms with E-state index in [9.17, 15) is 4.79 Å². The van der Waals surface area contributed by atoms with Gasteiger partial charge < -0.3 is 9.84 Å². The van der Waals surface area contributed by atoms with Crippen molar-refractivity contribution in [3.05, 3.63) is 52.9 Å². The normalized spacial score (nSPS) is 10.3. The lowest BCUT2D eigenvalue weighted by Crippen LogP contribution is -2.23. The van der Waals surface area contributed by atoms with Crippen LogP contribution < -0.4 is 5.32 Å². The summed E-state index contributed by atoms with van der Waals surface area (Å²) in [6.07, 6.45) is 0. The highest BCUT2D eigenvalue weighted by Crippen LogP contribution is 2.08. The van der Waals surface area contributed by atoms with Crippen LogP contribution in [0.25, 0.3) is 0 Å². The van der Waals surface area contributed by atoms with Gasteiger partial charge in [0.15, 0.2) is 5.76 Å². The fourth-order valence-corrected chi connectivity index (χ4v) is 1.72. The van der Waals surface area contributed by atoms with Crippen molar-refractivity contribution in [3.63, 3.8) is 0 Å². The van der Waals surface area contributed by atoms with E-state index in [1.165, 1.54) is 0 Å². The number of nitrogens with one attached hydrogen (secondary N) is 1. The van der Waals surface area contributed by atoms with Gasteiger partial charge in [0.2, 0.25) is 0 Å². The molecule has 0 spiro atoms. The van der Waals surface area contributed by atoms with Gasteiger partial charge in [0, 0.05) is 11.6 Å². The first kappa shape index (κ1) is 12.6. The molecule has 0 saturated heterocycles. The summed E-state index contributed by atoms with van der Waals surface area (Å²) in [7, 11) is 0. The molecule has 1 aromatic heterocycles. The van der Waals surface area contributed by atoms with Crippen LogP contribution in [0.1, 0.15) is 27.4 Å². The van der Waals surface area contributed by atoms with E-state index in [1.807, 2.05) is 25.1 Å². The number of nitrogens with zero attached hydrogens (tertiary/aromatic N) is 1. The molecule has 0 atom stereocenters. The number of hydrogen-bond donors (Lipinski definition) is 1. The third-order valence-corrected chi connectivity index (χ3v) is 2.83. The molecule has 0 saturated carbocycles. The molecule has 18 heavy (non-hydrogen) atoms. The molecule has 0 fully saturated rings. The van der Waals surface area contributed by atoms with Gasteiger partial charge in [-0.3, -0.25) is 4.79 Å². The quantitative estimate of drug-likeness (QED) is 0.864. The zero-order chi connectivity index (χ0) is 13.0. The Morgan fingerprint density at radius 3 is 2.89 bits per heavy atom. The number of aryl methyl sites for hydroxylation is 1. The number of amides is 1. The molecule has 4 nitrogen and oxygen atoms in total. The standard InChI is InChI=1S/C13H13ClN2O2/c1-9-4-2-3-5-12(9)13(17)15-8-11-6-10(7-14)16-18-11/h2-6H,7-8H2,1H3,(H,15,17). The van der Waals surface area contributed by atoms with Crippen molar-refractivity contribution in [2.24, 2.45) is 0 Å². The molecule has 5 heteroatoms. The van der Waals surface area contributed by atoms with Crippen molar-refractivity contribution in [2.45, 2.75) is 19.3 Å². The second kappa shape index (κ2) is 5.69. The Morgan fingerprint density at radius 1 is 1.44 bits per heavy atom. The molecule has 0 radical (unpaired) electrons. The van der Waals surface area contributed by atoms with Gasteiger partial charge in [-0.1, -0.05) is 23.4 Å². The van der Waals surface area contributed by atoms with E-state index in [-0.39, 0.29) is 5.91 Å². The maximum absolute atomic E-state index is 11.9. The molecule has 0 aliphatic rings. The van der Waals surface area contributed by atoms with Crippen LogP contribution in [0, 0.1) is 6.92 Å². The second-order valence-electron chi connectivity index (χ2n) is 3.92. The number of carbonyl (C=O) groups excluding carboxylic acids is 1. The van der Waals surface area contributed by atoms with E-state index in [0.29, 0.717) is 29.4 Å². The first-order valence-electron chi connectivity index (χ1n) is 5.55. The topological polar surface area (TPSA) is 55.1 Å². The highest BCUT2D eigenvalue weighted by Gasteiger charge is 2.09. The van der Waals surface area contributed by atoms with Crippen molar-refractivity contribution >= 4 is 17.5 Å². The molecule has 1 heterocycles. The van der Waals surface area contributed by atoms with E-state index in [4.69, 9.17) is 16.1 Å². The van der Waals surface area contributed by atoms with E-state index in [0.717, 1.165) is 5.56 Å². The molecule has 1 aromatic carbocycles. The molecule has 2 aromatic rings. The van der Waals surface area contributed by atoms with Crippen LogP contribution in [0.4, 0.5) is 0 Å². The lowest BCUT2D eigenvalue weighted by atomic mass is 10.1. The Hall–Kier alpha value is -1.81. The summed E-state index contributed by atoms with van der Waals surface area (Å²) in [5.41, 5.74) is 2.26. The third kappa shape index (κ3) is 2.90. The fourth-order valence-electron chi connectivity index (χ4n) is 1.59. The first-order valence-corrected chi connectivity index (χ1v) is 6.08. The molecule has 2 rings (SSSR count). The molecular formula is C13H13ClN2O2. The van der Waals surface area contributed by atoms with E-state index in [1.54, 1.807) is 12.1 Å². The second-order valence-corrected chi connectivity index (χ2v) is 4.18. The minimum atomic E-state index is -0.128. The Morgan fingerprint density at radius 2 is 2.22 bits per heavy atom. The van der Waals surface area contributed by atoms with E-state index >= 15 is 0 Å². The zero-order valence-electron chi connectivity index (χ0n) is 9.94. The fraction of sp³-hybridized carbons (Fsp3) is 0.231. The van der Waals surface area contributed by atoms with Crippen LogP contribution in [0.3, 0.4) is 0 Å². The summed E-state index contributed by atoms with van der Waals surface area (Å²) in [5.74, 6) is 0.763. The zero-order valence-corrected chi connectivity index (χ0v) is 10.7. The molecule has 1 amide bonds. The Balaban J connectivity index is 1.98. The SMILES string of the molecule is Cc1ccccc1C(=O)NCc1cc(CCl)no1. The van der Waals surface area contributed by atoms with Crippen LogP contribution in [-0.2, 0) is 12.4 Å². The van der Waals surface area contributed by atoms with Crippen molar-refractivity contribution in [1.82, 2.24) is 10.5 Å². The van der Waals surface area contributed by atoms with Crippen molar-refractivity contribution < 1.29 is 9.32 Å². The lowest BCUT2D eigenvalue weighted by molar-refractivity contribution is 0.0946. The van der Waals surface area contributed by atoms with Gasteiger partial charge in [0.25, 0.3) is 5.91 Å². The van der Waals surface area contributed by atoms with Gasteiger partial charge in [-0.15, -0.1) is 11.6 Å². The van der Waals surface area contributed by atoms with Crippen LogP contribution in [-0.4, -0.2) is 11.1 Å².